The highest BCUT2D eigenvalue weighted by Crippen LogP contribution is 2.35. The maximum Gasteiger partial charge on any atom is 0.335 e. The third-order valence-corrected chi connectivity index (χ3v) is 6.95. The quantitative estimate of drug-likeness (QED) is 0.333. The number of fused-ring (bicyclic) bond motifs is 1. The third-order valence-electron chi connectivity index (χ3n) is 6.95. The van der Waals surface area contributed by atoms with Gasteiger partial charge in [-0.25, -0.2) is 9.59 Å². The van der Waals surface area contributed by atoms with E-state index in [4.69, 9.17) is 0 Å². The van der Waals surface area contributed by atoms with E-state index in [1.165, 1.54) is 34.1 Å². The van der Waals surface area contributed by atoms with E-state index in [1.807, 2.05) is 45.9 Å². The van der Waals surface area contributed by atoms with Gasteiger partial charge in [0.25, 0.3) is 5.91 Å². The average Bonchev–Trinajstić information content (AvgIpc) is 3.03. The summed E-state index contributed by atoms with van der Waals surface area (Å²) in [6.07, 6.45) is 0.213. The summed E-state index contributed by atoms with van der Waals surface area (Å²) in [4.78, 5) is 68.3. The number of carbonyl (C=O) groups is 5. The summed E-state index contributed by atoms with van der Waals surface area (Å²) < 4.78 is 0. The molecule has 1 aliphatic heterocycles. The second kappa shape index (κ2) is 12.7. The van der Waals surface area contributed by atoms with Crippen LogP contribution in [0.2, 0.25) is 0 Å². The molecule has 0 aliphatic carbocycles. The Balaban J connectivity index is 1.72. The number of aryl methyl sites for hydroxylation is 2. The molecule has 3 aromatic rings. The second-order valence-electron chi connectivity index (χ2n) is 10.8. The lowest BCUT2D eigenvalue weighted by Crippen LogP contribution is -2.54. The van der Waals surface area contributed by atoms with Gasteiger partial charge in [0.1, 0.15) is 6.04 Å². The van der Waals surface area contributed by atoms with Crippen LogP contribution in [0.15, 0.2) is 66.7 Å². The minimum Gasteiger partial charge on any atom is -0.478 e. The Bertz CT molecular complexity index is 1550. The molecule has 4 rings (SSSR count). The maximum absolute atomic E-state index is 14.1. The summed E-state index contributed by atoms with van der Waals surface area (Å²) in [6, 6.07) is 16.1. The first-order valence-electron chi connectivity index (χ1n) is 13.7. The van der Waals surface area contributed by atoms with Gasteiger partial charge in [0, 0.05) is 17.7 Å². The molecular weight excluding hydrogens is 536 g/mol. The van der Waals surface area contributed by atoms with E-state index >= 15 is 0 Å². The number of carboxylic acids is 1. The number of hydrogen-bond donors (Lipinski definition) is 3. The number of carboxylic acid groups (broad SMARTS) is 1. The van der Waals surface area contributed by atoms with Crippen molar-refractivity contribution < 1.29 is 29.1 Å². The minimum atomic E-state index is -1.21. The smallest absolute Gasteiger partial charge is 0.335 e. The summed E-state index contributed by atoms with van der Waals surface area (Å²) in [6.45, 7) is 7.05. The van der Waals surface area contributed by atoms with Crippen LogP contribution in [0.3, 0.4) is 0 Å². The molecule has 0 radical (unpaired) electrons. The zero-order valence-corrected chi connectivity index (χ0v) is 24.0. The van der Waals surface area contributed by atoms with Crippen molar-refractivity contribution in [2.75, 3.05) is 28.2 Å². The molecule has 0 saturated heterocycles. The van der Waals surface area contributed by atoms with E-state index in [0.717, 1.165) is 11.1 Å². The SMILES string of the molecule is Cc1ccc2c(c1)N(CC(=O)c1ccccc1C)C(=O)C(NC(=O)Nc1cccc(C(=O)O)c1)CN2C(=O)CC(C)C. The van der Waals surface area contributed by atoms with Crippen molar-refractivity contribution in [3.8, 4) is 0 Å². The van der Waals surface area contributed by atoms with Crippen molar-refractivity contribution in [1.82, 2.24) is 5.32 Å². The number of nitrogens with zero attached hydrogens (tertiary/aromatic N) is 2. The molecule has 10 heteroatoms. The Kier molecular flexibility index (Phi) is 9.05. The van der Waals surface area contributed by atoms with E-state index in [2.05, 4.69) is 10.6 Å². The van der Waals surface area contributed by atoms with Crippen LogP contribution in [-0.4, -0.2) is 53.8 Å². The van der Waals surface area contributed by atoms with Gasteiger partial charge < -0.3 is 25.5 Å². The normalized spacial score (nSPS) is 14.7. The molecule has 0 aromatic heterocycles. The number of Topliss-reactive ketones (excluding diaryl/α,β-unsaturated/α-hetero) is 1. The fraction of sp³-hybridized carbons (Fsp3) is 0.281. The van der Waals surface area contributed by atoms with Gasteiger partial charge in [0.2, 0.25) is 5.91 Å². The van der Waals surface area contributed by atoms with Crippen LogP contribution in [-0.2, 0) is 9.59 Å². The van der Waals surface area contributed by atoms with Gasteiger partial charge in [0.15, 0.2) is 5.78 Å². The number of urea groups is 1. The summed E-state index contributed by atoms with van der Waals surface area (Å²) >= 11 is 0. The predicted octanol–water partition coefficient (Wildman–Crippen LogP) is 4.80. The number of hydrogen-bond acceptors (Lipinski definition) is 5. The van der Waals surface area contributed by atoms with Crippen LogP contribution in [0, 0.1) is 19.8 Å². The Morgan fingerprint density at radius 1 is 0.952 bits per heavy atom. The van der Waals surface area contributed by atoms with Gasteiger partial charge >= 0.3 is 12.0 Å². The van der Waals surface area contributed by atoms with E-state index in [9.17, 15) is 29.1 Å². The summed E-state index contributed by atoms with van der Waals surface area (Å²) in [5, 5.41) is 14.5. The Labute approximate surface area is 244 Å². The summed E-state index contributed by atoms with van der Waals surface area (Å²) in [7, 11) is 0. The van der Waals surface area contributed by atoms with E-state index < -0.39 is 23.9 Å². The van der Waals surface area contributed by atoms with Gasteiger partial charge in [-0.3, -0.25) is 14.4 Å². The fourth-order valence-corrected chi connectivity index (χ4v) is 4.88. The van der Waals surface area contributed by atoms with Crippen molar-refractivity contribution in [1.29, 1.82) is 0 Å². The number of anilines is 3. The third kappa shape index (κ3) is 6.83. The molecule has 1 aliphatic rings. The first-order chi connectivity index (χ1) is 19.9. The average molecular weight is 571 g/mol. The molecule has 0 saturated carbocycles. The van der Waals surface area contributed by atoms with Crippen molar-refractivity contribution in [2.24, 2.45) is 5.92 Å². The molecule has 42 heavy (non-hydrogen) atoms. The summed E-state index contributed by atoms with van der Waals surface area (Å²) in [5.74, 6) is -2.18. The molecule has 3 aromatic carbocycles. The molecule has 3 N–H and O–H groups in total. The number of aromatic carboxylic acids is 1. The van der Waals surface area contributed by atoms with Crippen LogP contribution in [0.1, 0.15) is 52.1 Å². The highest BCUT2D eigenvalue weighted by atomic mass is 16.4. The minimum absolute atomic E-state index is 0.0180. The van der Waals surface area contributed by atoms with E-state index in [1.54, 1.807) is 24.3 Å². The van der Waals surface area contributed by atoms with Crippen molar-refractivity contribution in [2.45, 2.75) is 40.2 Å². The molecule has 218 valence electrons. The molecule has 0 bridgehead atoms. The first-order valence-corrected chi connectivity index (χ1v) is 13.7. The number of rotatable bonds is 8. The molecule has 1 atom stereocenters. The van der Waals surface area contributed by atoms with Crippen LogP contribution in [0.4, 0.5) is 21.9 Å². The van der Waals surface area contributed by atoms with Crippen molar-refractivity contribution in [3.63, 3.8) is 0 Å². The van der Waals surface area contributed by atoms with E-state index in [0.29, 0.717) is 16.9 Å². The lowest BCUT2D eigenvalue weighted by atomic mass is 10.0. The number of ketones is 1. The largest absolute Gasteiger partial charge is 0.478 e. The highest BCUT2D eigenvalue weighted by molar-refractivity contribution is 6.13. The van der Waals surface area contributed by atoms with Crippen LogP contribution < -0.4 is 20.4 Å². The Morgan fingerprint density at radius 2 is 1.69 bits per heavy atom. The predicted molar refractivity (Wildman–Crippen MR) is 160 cm³/mol. The summed E-state index contributed by atoms with van der Waals surface area (Å²) in [5.41, 5.74) is 3.13. The molecule has 0 fully saturated rings. The standard InChI is InChI=1S/C32H34N4O6/c1-19(2)14-29(38)35-17-25(34-32(42)33-23-10-7-9-22(16-23)31(40)41)30(39)36(27-15-20(3)12-13-26(27)35)18-28(37)24-11-6-5-8-21(24)4/h5-13,15-16,19,25H,14,17-18H2,1-4H3,(H,40,41)(H2,33,34,42). The van der Waals surface area contributed by atoms with Gasteiger partial charge in [0.05, 0.1) is 30.0 Å². The Hall–Kier alpha value is -4.99. The number of nitrogens with one attached hydrogen (secondary N) is 2. The monoisotopic (exact) mass is 570 g/mol. The molecule has 1 unspecified atom stereocenters. The highest BCUT2D eigenvalue weighted by Gasteiger charge is 2.38. The molecular formula is C32H34N4O6. The number of benzene rings is 3. The zero-order valence-electron chi connectivity index (χ0n) is 24.0. The lowest BCUT2D eigenvalue weighted by Gasteiger charge is -2.26. The second-order valence-corrected chi connectivity index (χ2v) is 10.8. The molecule has 4 amide bonds. The van der Waals surface area contributed by atoms with Crippen LogP contribution in [0.25, 0.3) is 0 Å². The van der Waals surface area contributed by atoms with Crippen molar-refractivity contribution >= 4 is 46.7 Å². The maximum atomic E-state index is 14.1. The number of amides is 4. The van der Waals surface area contributed by atoms with Gasteiger partial charge in [-0.15, -0.1) is 0 Å². The fourth-order valence-electron chi connectivity index (χ4n) is 4.88. The van der Waals surface area contributed by atoms with E-state index in [-0.39, 0.29) is 48.4 Å². The van der Waals surface area contributed by atoms with Gasteiger partial charge in [-0.1, -0.05) is 50.2 Å². The van der Waals surface area contributed by atoms with Crippen LogP contribution in [0.5, 0.6) is 0 Å². The first kappa shape index (κ1) is 30.0. The molecule has 1 heterocycles. The number of carbonyl (C=O) groups excluding carboxylic acids is 4. The Morgan fingerprint density at radius 3 is 2.38 bits per heavy atom. The zero-order chi connectivity index (χ0) is 30.6. The van der Waals surface area contributed by atoms with Gasteiger partial charge in [-0.2, -0.15) is 0 Å². The molecule has 10 nitrogen and oxygen atoms in total. The molecule has 0 spiro atoms. The van der Waals surface area contributed by atoms with Crippen molar-refractivity contribution in [3.05, 3.63) is 89.0 Å². The topological polar surface area (TPSA) is 136 Å². The van der Waals surface area contributed by atoms with Crippen LogP contribution >= 0.6 is 0 Å². The lowest BCUT2D eigenvalue weighted by molar-refractivity contribution is -0.120. The van der Waals surface area contributed by atoms with Gasteiger partial charge in [-0.05, 0) is 61.2 Å².